The molecule has 0 bridgehead atoms. The largest absolute Gasteiger partial charge is 0.507 e. The average Bonchev–Trinajstić information content (AvgIpc) is 3.29. The molecule has 348 valence electrons. The van der Waals surface area contributed by atoms with Crippen molar-refractivity contribution in [2.75, 3.05) is 20.3 Å². The molecule has 0 atom stereocenters. The minimum absolute atomic E-state index is 0.00538. The van der Waals surface area contributed by atoms with Crippen LogP contribution in [0.4, 0.5) is 0 Å². The van der Waals surface area contributed by atoms with Gasteiger partial charge in [0.15, 0.2) is 0 Å². The second-order valence-electron chi connectivity index (χ2n) is 15.7. The third-order valence-corrected chi connectivity index (χ3v) is 9.67. The van der Waals surface area contributed by atoms with Crippen LogP contribution >= 0.6 is 0 Å². The zero-order valence-corrected chi connectivity index (χ0v) is 38.5. The highest BCUT2D eigenvalue weighted by Crippen LogP contribution is 2.39. The summed E-state index contributed by atoms with van der Waals surface area (Å²) in [6, 6.07) is 15.7. The number of benzene rings is 4. The van der Waals surface area contributed by atoms with Gasteiger partial charge in [-0.2, -0.15) is 0 Å². The van der Waals surface area contributed by atoms with Crippen molar-refractivity contribution >= 4 is 41.4 Å². The molecule has 3 N–H and O–H groups in total. The quantitative estimate of drug-likeness (QED) is 0.0287. The van der Waals surface area contributed by atoms with Crippen molar-refractivity contribution in [1.82, 2.24) is 0 Å². The summed E-state index contributed by atoms with van der Waals surface area (Å²) in [6.07, 6.45) is 3.26. The Kier molecular flexibility index (Phi) is 19.7. The molecule has 0 radical (unpaired) electrons. The first-order valence-corrected chi connectivity index (χ1v) is 21.1. The Morgan fingerprint density at radius 1 is 0.545 bits per heavy atom. The highest BCUT2D eigenvalue weighted by Gasteiger charge is 2.27. The predicted octanol–water partition coefficient (Wildman–Crippen LogP) is 7.66. The van der Waals surface area contributed by atoms with Crippen molar-refractivity contribution in [3.05, 3.63) is 154 Å². The van der Waals surface area contributed by atoms with Crippen molar-refractivity contribution in [2.45, 2.75) is 73.6 Å². The minimum atomic E-state index is -1.13. The van der Waals surface area contributed by atoms with Crippen LogP contribution in [-0.2, 0) is 65.6 Å². The van der Waals surface area contributed by atoms with Crippen molar-refractivity contribution in [3.8, 4) is 23.0 Å². The van der Waals surface area contributed by atoms with Gasteiger partial charge in [0.2, 0.25) is 0 Å². The molecule has 14 heteroatoms. The lowest BCUT2D eigenvalue weighted by Crippen LogP contribution is -2.19. The first-order valence-electron chi connectivity index (χ1n) is 21.1. The molecule has 0 fully saturated rings. The molecule has 0 aromatic heterocycles. The van der Waals surface area contributed by atoms with Gasteiger partial charge in [-0.3, -0.25) is 9.59 Å². The van der Waals surface area contributed by atoms with Gasteiger partial charge >= 0.3 is 29.8 Å². The summed E-state index contributed by atoms with van der Waals surface area (Å²) < 4.78 is 27.4. The number of hydrogen-bond donors (Lipinski definition) is 2. The molecule has 0 spiro atoms. The Labute approximate surface area is 385 Å². The topological polar surface area (TPSA) is 212 Å². The fourth-order valence-corrected chi connectivity index (χ4v) is 6.91. The molecule has 4 rings (SSSR count). The summed E-state index contributed by atoms with van der Waals surface area (Å²) in [6.45, 7) is 21.4. The number of Topliss-reactive ketones (excluding diaryl/α,β-unsaturated/α-hetero) is 2. The number of carbonyl (C=O) groups is 7. The SMILES string of the molecule is C=CC(=O)Oc1c(CC)cc(C(=O)C(=O)OCC)cc1Cc1cccc(Cc2cc(C(=O)C(=O)OCC)cc(Cc3cccc(CC(C)(C)C)c3O)c2OC(=O)C=C)c1OC(=O)C=C.CN. The molecule has 0 unspecified atom stereocenters. The number of phenols is 1. The van der Waals surface area contributed by atoms with Crippen LogP contribution in [0.25, 0.3) is 0 Å². The molecule has 4 aromatic carbocycles. The third kappa shape index (κ3) is 14.0. The van der Waals surface area contributed by atoms with Crippen molar-refractivity contribution in [2.24, 2.45) is 11.1 Å². The van der Waals surface area contributed by atoms with Gasteiger partial charge in [0.05, 0.1) is 13.2 Å². The number of nitrogens with two attached hydrogens (primary N) is 1. The van der Waals surface area contributed by atoms with E-state index in [9.17, 15) is 38.7 Å². The monoisotopic (exact) mass is 903 g/mol. The number of ether oxygens (including phenoxy) is 5. The number of aromatic hydroxyl groups is 1. The van der Waals surface area contributed by atoms with Gasteiger partial charge in [-0.25, -0.2) is 24.0 Å². The fourth-order valence-electron chi connectivity index (χ4n) is 6.91. The van der Waals surface area contributed by atoms with Crippen LogP contribution in [0.3, 0.4) is 0 Å². The molecule has 0 aliphatic rings. The van der Waals surface area contributed by atoms with Crippen LogP contribution in [-0.4, -0.2) is 66.8 Å². The van der Waals surface area contributed by atoms with E-state index in [1.165, 1.54) is 31.3 Å². The van der Waals surface area contributed by atoms with Gasteiger partial charge < -0.3 is 34.5 Å². The third-order valence-electron chi connectivity index (χ3n) is 9.67. The number of rotatable bonds is 20. The lowest BCUT2D eigenvalue weighted by Gasteiger charge is -2.21. The highest BCUT2D eigenvalue weighted by atomic mass is 16.6. The van der Waals surface area contributed by atoms with E-state index < -0.39 is 41.4 Å². The van der Waals surface area contributed by atoms with E-state index >= 15 is 0 Å². The van der Waals surface area contributed by atoms with Crippen LogP contribution in [0.1, 0.15) is 107 Å². The Hall–Kier alpha value is -7.45. The number of ketones is 2. The van der Waals surface area contributed by atoms with Crippen LogP contribution in [0.5, 0.6) is 23.0 Å². The van der Waals surface area contributed by atoms with Gasteiger partial charge in [0.25, 0.3) is 11.6 Å². The number of phenolic OH excluding ortho intramolecular Hbond substituents is 1. The number of carbonyl (C=O) groups excluding carboxylic acids is 7. The zero-order valence-electron chi connectivity index (χ0n) is 38.5. The number of para-hydroxylation sites is 2. The molecule has 66 heavy (non-hydrogen) atoms. The average molecular weight is 904 g/mol. The van der Waals surface area contributed by atoms with Crippen molar-refractivity contribution < 1.29 is 62.4 Å². The number of esters is 5. The molecule has 4 aromatic rings. The summed E-state index contributed by atoms with van der Waals surface area (Å²) in [4.78, 5) is 91.0. The van der Waals surface area contributed by atoms with Gasteiger partial charge in [-0.1, -0.05) is 83.8 Å². The van der Waals surface area contributed by atoms with E-state index in [0.717, 1.165) is 18.2 Å². The molecule has 0 heterocycles. The molecular weight excluding hydrogens is 847 g/mol. The molecular formula is C52H57NO13. The van der Waals surface area contributed by atoms with Crippen molar-refractivity contribution in [3.63, 3.8) is 0 Å². The van der Waals surface area contributed by atoms with E-state index in [2.05, 4.69) is 25.5 Å². The molecule has 0 amide bonds. The molecule has 0 aliphatic carbocycles. The Balaban J connectivity index is 0.00000570. The Morgan fingerprint density at radius 2 is 0.879 bits per heavy atom. The summed E-state index contributed by atoms with van der Waals surface area (Å²) in [5.41, 5.74) is 7.01. The first-order chi connectivity index (χ1) is 31.4. The second-order valence-corrected chi connectivity index (χ2v) is 15.7. The maximum atomic E-state index is 13.6. The lowest BCUT2D eigenvalue weighted by atomic mass is 9.86. The normalized spacial score (nSPS) is 10.6. The van der Waals surface area contributed by atoms with Crippen LogP contribution in [0.15, 0.2) is 98.6 Å². The highest BCUT2D eigenvalue weighted by molar-refractivity contribution is 6.41. The summed E-state index contributed by atoms with van der Waals surface area (Å²) >= 11 is 0. The van der Waals surface area contributed by atoms with E-state index in [-0.39, 0.29) is 95.1 Å². The van der Waals surface area contributed by atoms with Crippen LogP contribution in [0.2, 0.25) is 0 Å². The fraction of sp³-hybridized carbons (Fsp3) is 0.288. The summed E-state index contributed by atoms with van der Waals surface area (Å²) in [7, 11) is 1.50. The Bertz CT molecular complexity index is 2530. The van der Waals surface area contributed by atoms with Crippen LogP contribution in [0, 0.1) is 5.41 Å². The second kappa shape index (κ2) is 24.6. The predicted molar refractivity (Wildman–Crippen MR) is 248 cm³/mol. The van der Waals surface area contributed by atoms with Crippen molar-refractivity contribution in [1.29, 1.82) is 0 Å². The molecule has 0 aliphatic heterocycles. The number of hydrogen-bond acceptors (Lipinski definition) is 14. The summed E-state index contributed by atoms with van der Waals surface area (Å²) in [5, 5.41) is 11.5. The van der Waals surface area contributed by atoms with Gasteiger partial charge in [-0.05, 0) is 91.2 Å². The van der Waals surface area contributed by atoms with Gasteiger partial charge in [-0.15, -0.1) is 0 Å². The van der Waals surface area contributed by atoms with Gasteiger partial charge in [0.1, 0.15) is 23.0 Å². The van der Waals surface area contributed by atoms with E-state index in [1.807, 2.05) is 20.8 Å². The van der Waals surface area contributed by atoms with E-state index in [0.29, 0.717) is 34.2 Å². The van der Waals surface area contributed by atoms with E-state index in [4.69, 9.17) is 23.7 Å². The molecule has 0 saturated heterocycles. The summed E-state index contributed by atoms with van der Waals surface area (Å²) in [5.74, 6) is -6.58. The molecule has 0 saturated carbocycles. The van der Waals surface area contributed by atoms with E-state index in [1.54, 1.807) is 57.2 Å². The smallest absolute Gasteiger partial charge is 0.379 e. The molecule has 14 nitrogen and oxygen atoms in total. The van der Waals surface area contributed by atoms with Crippen LogP contribution < -0.4 is 19.9 Å². The number of aryl methyl sites for hydroxylation is 1. The Morgan fingerprint density at radius 3 is 1.24 bits per heavy atom. The van der Waals surface area contributed by atoms with Gasteiger partial charge in [0, 0.05) is 65.3 Å². The maximum Gasteiger partial charge on any atom is 0.379 e. The first kappa shape index (κ1) is 52.9. The zero-order chi connectivity index (χ0) is 49.3. The lowest BCUT2D eigenvalue weighted by molar-refractivity contribution is -0.138. The minimum Gasteiger partial charge on any atom is -0.507 e. The maximum absolute atomic E-state index is 13.6. The standard InChI is InChI=1S/C51H52O13.CH5N/c1-10-30-22-35(44(56)49(58)60-14-5)26-38(46(30)62-40(52)11-2)24-32-19-17-20-33(47(32)63-41(53)12-3)25-39-28-36(45(57)50(59)61-15-6)27-37(48(39)64-42(54)13-4)23-31-18-16-21-34(43(31)55)29-51(7,8)9;1-2/h11-13,16-22,26-28,55H,2-4,10,14-15,23-25,29H2,1,5-9H3;2H2,1H3.